The van der Waals surface area contributed by atoms with Crippen LogP contribution in [0.4, 0.5) is 0 Å². The molecule has 2 rings (SSSR count). The van der Waals surface area contributed by atoms with E-state index in [1.165, 1.54) is 36.8 Å². The van der Waals surface area contributed by atoms with Crippen molar-refractivity contribution >= 4 is 0 Å². The second kappa shape index (κ2) is 5.54. The zero-order valence-corrected chi connectivity index (χ0v) is 11.4. The Morgan fingerprint density at radius 3 is 2.72 bits per heavy atom. The summed E-state index contributed by atoms with van der Waals surface area (Å²) in [6, 6.07) is 8.13. The maximum atomic E-state index is 8.84. The molecule has 0 spiro atoms. The summed E-state index contributed by atoms with van der Waals surface area (Å²) in [6.45, 7) is 6.41. The molecular weight excluding hydrogens is 220 g/mol. The molecule has 1 aliphatic carbocycles. The van der Waals surface area contributed by atoms with Gasteiger partial charge in [0.15, 0.2) is 0 Å². The van der Waals surface area contributed by atoms with Crippen LogP contribution in [0, 0.1) is 23.7 Å². The molecule has 1 aliphatic rings. The number of hydrogen-bond acceptors (Lipinski definition) is 2. The van der Waals surface area contributed by atoms with Gasteiger partial charge in [-0.2, -0.15) is 5.26 Å². The summed E-state index contributed by atoms with van der Waals surface area (Å²) in [5.74, 6) is 0. The molecule has 0 radical (unpaired) electrons. The second-order valence-electron chi connectivity index (χ2n) is 5.61. The van der Waals surface area contributed by atoms with Crippen molar-refractivity contribution < 1.29 is 0 Å². The molecule has 1 aromatic rings. The highest BCUT2D eigenvalue weighted by molar-refractivity contribution is 5.37. The van der Waals surface area contributed by atoms with Crippen molar-refractivity contribution in [1.82, 2.24) is 5.32 Å². The van der Waals surface area contributed by atoms with Crippen LogP contribution in [0.1, 0.15) is 49.3 Å². The van der Waals surface area contributed by atoms with Crippen molar-refractivity contribution in [3.05, 3.63) is 34.9 Å². The number of benzene rings is 1. The monoisotopic (exact) mass is 242 g/mol. The quantitative estimate of drug-likeness (QED) is 0.828. The van der Waals surface area contributed by atoms with Crippen molar-refractivity contribution in [2.45, 2.75) is 46.1 Å². The predicted molar refractivity (Wildman–Crippen MR) is 74.2 cm³/mol. The minimum Gasteiger partial charge on any atom is -0.312 e. The molecule has 0 heterocycles. The van der Waals surface area contributed by atoms with Gasteiger partial charge in [0.25, 0.3) is 0 Å². The molecule has 0 aliphatic heterocycles. The van der Waals surface area contributed by atoms with Gasteiger partial charge >= 0.3 is 0 Å². The van der Waals surface area contributed by atoms with Crippen molar-refractivity contribution in [3.8, 4) is 6.07 Å². The van der Waals surface area contributed by atoms with Crippen molar-refractivity contribution in [3.63, 3.8) is 0 Å². The fourth-order valence-corrected chi connectivity index (χ4v) is 2.65. The van der Waals surface area contributed by atoms with Gasteiger partial charge in [0.05, 0.1) is 11.6 Å². The highest BCUT2D eigenvalue weighted by Crippen LogP contribution is 2.48. The molecule has 1 fully saturated rings. The van der Waals surface area contributed by atoms with E-state index in [-0.39, 0.29) is 0 Å². The van der Waals surface area contributed by atoms with E-state index >= 15 is 0 Å². The van der Waals surface area contributed by atoms with E-state index in [0.717, 1.165) is 18.7 Å². The predicted octanol–water partition coefficient (Wildman–Crippen LogP) is 3.54. The summed E-state index contributed by atoms with van der Waals surface area (Å²) < 4.78 is 0. The number of nitriles is 1. The van der Waals surface area contributed by atoms with Gasteiger partial charge in [-0.3, -0.25) is 0 Å². The lowest BCUT2D eigenvalue weighted by molar-refractivity contribution is 0.420. The molecule has 0 unspecified atom stereocenters. The first-order valence-corrected chi connectivity index (χ1v) is 6.89. The van der Waals surface area contributed by atoms with Gasteiger partial charge in [-0.25, -0.2) is 0 Å². The summed E-state index contributed by atoms with van der Waals surface area (Å²) in [5.41, 5.74) is 3.87. The lowest BCUT2D eigenvalue weighted by Crippen LogP contribution is -2.23. The van der Waals surface area contributed by atoms with Crippen LogP contribution in [-0.2, 0) is 6.54 Å². The summed E-state index contributed by atoms with van der Waals surface area (Å²) in [5, 5.41) is 12.4. The Bertz CT molecular complexity index is 453. The Labute approximate surface area is 110 Å². The molecule has 0 atom stereocenters. The van der Waals surface area contributed by atoms with E-state index in [1.807, 2.05) is 12.1 Å². The van der Waals surface area contributed by atoms with Gasteiger partial charge in [0, 0.05) is 13.1 Å². The van der Waals surface area contributed by atoms with E-state index in [2.05, 4.69) is 31.3 Å². The van der Waals surface area contributed by atoms with Crippen molar-refractivity contribution in [2.75, 3.05) is 6.54 Å². The van der Waals surface area contributed by atoms with Crippen molar-refractivity contribution in [2.24, 2.45) is 5.41 Å². The molecule has 0 bridgehead atoms. The minimum atomic E-state index is 0.606. The van der Waals surface area contributed by atoms with Gasteiger partial charge in [-0.15, -0.1) is 0 Å². The van der Waals surface area contributed by atoms with Crippen LogP contribution < -0.4 is 5.32 Å². The second-order valence-corrected chi connectivity index (χ2v) is 5.61. The first-order chi connectivity index (χ1) is 8.69. The minimum absolute atomic E-state index is 0.606. The Morgan fingerprint density at radius 2 is 2.17 bits per heavy atom. The van der Waals surface area contributed by atoms with Crippen LogP contribution in [0.5, 0.6) is 0 Å². The van der Waals surface area contributed by atoms with E-state index in [4.69, 9.17) is 5.26 Å². The lowest BCUT2D eigenvalue weighted by Gasteiger charge is -2.15. The van der Waals surface area contributed by atoms with Crippen LogP contribution in [-0.4, -0.2) is 6.54 Å². The summed E-state index contributed by atoms with van der Waals surface area (Å²) in [7, 11) is 0. The first kappa shape index (κ1) is 13.1. The third-order valence-electron chi connectivity index (χ3n) is 4.02. The lowest BCUT2D eigenvalue weighted by atomic mass is 10.0. The molecular formula is C16H22N2. The number of nitrogens with zero attached hydrogens (tertiary/aromatic N) is 1. The number of nitrogens with one attached hydrogen (secondary N) is 1. The molecule has 1 N–H and O–H groups in total. The zero-order chi connectivity index (χ0) is 13.0. The largest absolute Gasteiger partial charge is 0.312 e. The van der Waals surface area contributed by atoms with Gasteiger partial charge in [0.1, 0.15) is 0 Å². The molecule has 1 saturated carbocycles. The van der Waals surface area contributed by atoms with Gasteiger partial charge in [-0.1, -0.05) is 19.4 Å². The molecule has 96 valence electrons. The first-order valence-electron chi connectivity index (χ1n) is 6.89. The molecule has 0 aromatic heterocycles. The number of rotatable bonds is 6. The number of hydrogen-bond donors (Lipinski definition) is 1. The fourth-order valence-electron chi connectivity index (χ4n) is 2.65. The fraction of sp³-hybridized carbons (Fsp3) is 0.562. The zero-order valence-electron chi connectivity index (χ0n) is 11.4. The van der Waals surface area contributed by atoms with E-state index in [0.29, 0.717) is 5.41 Å². The van der Waals surface area contributed by atoms with Gasteiger partial charge in [0.2, 0.25) is 0 Å². The van der Waals surface area contributed by atoms with Crippen molar-refractivity contribution in [1.29, 1.82) is 5.26 Å². The average Bonchev–Trinajstić information content (AvgIpc) is 3.12. The number of aryl methyl sites for hydroxylation is 1. The van der Waals surface area contributed by atoms with Gasteiger partial charge in [-0.05, 0) is 54.9 Å². The molecule has 0 saturated heterocycles. The van der Waals surface area contributed by atoms with Crippen LogP contribution >= 0.6 is 0 Å². The molecule has 2 nitrogen and oxygen atoms in total. The van der Waals surface area contributed by atoms with Crippen LogP contribution in [0.3, 0.4) is 0 Å². The average molecular weight is 242 g/mol. The van der Waals surface area contributed by atoms with Crippen LogP contribution in [0.15, 0.2) is 18.2 Å². The van der Waals surface area contributed by atoms with E-state index < -0.39 is 0 Å². The normalized spacial score (nSPS) is 16.3. The molecule has 1 aromatic carbocycles. The summed E-state index contributed by atoms with van der Waals surface area (Å²) in [4.78, 5) is 0. The Kier molecular flexibility index (Phi) is 4.04. The Hall–Kier alpha value is -1.33. The maximum absolute atomic E-state index is 8.84. The highest BCUT2D eigenvalue weighted by atomic mass is 14.9. The van der Waals surface area contributed by atoms with E-state index in [9.17, 15) is 0 Å². The maximum Gasteiger partial charge on any atom is 0.0991 e. The summed E-state index contributed by atoms with van der Waals surface area (Å²) in [6.07, 6.45) is 5.42. The molecule has 18 heavy (non-hydrogen) atoms. The third-order valence-corrected chi connectivity index (χ3v) is 4.02. The van der Waals surface area contributed by atoms with Crippen LogP contribution in [0.25, 0.3) is 0 Å². The Morgan fingerprint density at radius 1 is 1.39 bits per heavy atom. The molecule has 0 amide bonds. The Balaban J connectivity index is 1.86. The standard InChI is InChI=1S/C16H22N2/c1-3-6-16(7-8-16)12-18-11-15-5-4-14(10-17)9-13(15)2/h4-5,9,18H,3,6-8,11-12H2,1-2H3. The highest BCUT2D eigenvalue weighted by Gasteiger charge is 2.40. The van der Waals surface area contributed by atoms with Gasteiger partial charge < -0.3 is 5.32 Å². The smallest absolute Gasteiger partial charge is 0.0991 e. The van der Waals surface area contributed by atoms with Crippen LogP contribution in [0.2, 0.25) is 0 Å². The SMILES string of the molecule is CCCC1(CNCc2ccc(C#N)cc2C)CC1. The summed E-state index contributed by atoms with van der Waals surface area (Å²) >= 11 is 0. The topological polar surface area (TPSA) is 35.8 Å². The molecule has 2 heteroatoms. The van der Waals surface area contributed by atoms with E-state index in [1.54, 1.807) is 0 Å². The third kappa shape index (κ3) is 3.11.